The van der Waals surface area contributed by atoms with Crippen molar-refractivity contribution in [3.8, 4) is 0 Å². The Hall–Kier alpha value is 2.10. The molecule has 0 heterocycles. The van der Waals surface area contributed by atoms with E-state index < -0.39 is 0 Å². The first-order chi connectivity index (χ1) is 1.00. The molecule has 4 heteroatoms. The Balaban J connectivity index is -0.00000000167. The summed E-state index contributed by atoms with van der Waals surface area (Å²) in [6, 6.07) is 0. The van der Waals surface area contributed by atoms with Gasteiger partial charge in [0, 0.05) is 21.7 Å². The van der Waals surface area contributed by atoms with E-state index in [0.717, 1.165) is 0 Å². The van der Waals surface area contributed by atoms with Crippen molar-refractivity contribution in [1.29, 1.82) is 0 Å². The molecule has 0 amide bonds. The van der Waals surface area contributed by atoms with Crippen LogP contribution in [0.4, 0.5) is 0 Å². The summed E-state index contributed by atoms with van der Waals surface area (Å²) >= 11 is 0. The van der Waals surface area contributed by atoms with Gasteiger partial charge in [0.1, 0.15) is 0 Å². The maximum Gasteiger partial charge on any atom is 1.00 e. The van der Waals surface area contributed by atoms with Gasteiger partial charge in [-0.05, 0) is 9.47 Å². The maximum atomic E-state index is 6.92. The zero-order chi connectivity index (χ0) is 2.00. The van der Waals surface area contributed by atoms with Crippen LogP contribution in [-0.2, 0) is 21.7 Å². The molecular formula is H4NaOPTi. The van der Waals surface area contributed by atoms with Crippen LogP contribution in [-0.4, -0.2) is 4.89 Å². The Kier molecular flexibility index (Phi) is 80.1. The number of rotatable bonds is 0. The molecule has 0 saturated heterocycles. The van der Waals surface area contributed by atoms with Gasteiger partial charge in [-0.25, -0.2) is 0 Å². The Bertz CT molecular complexity index is 11.6. The largest absolute Gasteiger partial charge is 1.00 e. The summed E-state index contributed by atoms with van der Waals surface area (Å²) in [6.07, 6.45) is 0. The van der Waals surface area contributed by atoms with E-state index in [2.05, 4.69) is 0 Å². The second kappa shape index (κ2) is 19.4. The van der Waals surface area contributed by atoms with Gasteiger partial charge in [-0.1, -0.05) is 0 Å². The van der Waals surface area contributed by atoms with Crippen LogP contribution in [0, 0.1) is 0 Å². The quantitative estimate of drug-likeness (QED) is 0.266. The molecule has 4 heavy (non-hydrogen) atoms. The van der Waals surface area contributed by atoms with Crippen LogP contribution >= 0.6 is 9.47 Å². The molecule has 0 bridgehead atoms. The molecule has 0 rings (SSSR count). The third-order valence-corrected chi connectivity index (χ3v) is 0. The molecule has 0 aliphatic carbocycles. The van der Waals surface area contributed by atoms with Crippen molar-refractivity contribution < 1.29 is 57.6 Å². The summed E-state index contributed by atoms with van der Waals surface area (Å²) in [5, 5.41) is 0. The minimum absolute atomic E-state index is 0. The van der Waals surface area contributed by atoms with Crippen LogP contribution in [0.3, 0.4) is 0 Å². The average molecular weight is 122 g/mol. The summed E-state index contributed by atoms with van der Waals surface area (Å²) in [5.41, 5.74) is 0. The summed E-state index contributed by atoms with van der Waals surface area (Å²) in [4.78, 5) is 6.92. The van der Waals surface area contributed by atoms with Crippen LogP contribution in [0.15, 0.2) is 0 Å². The molecule has 0 saturated carbocycles. The molecule has 0 aromatic carbocycles. The first kappa shape index (κ1) is 16.5. The Morgan fingerprint density at radius 3 is 1.50 bits per heavy atom. The molecule has 20 valence electrons. The SMILES string of the molecule is OP.[H-].[Na+].[Ti]. The molecule has 0 spiro atoms. The van der Waals surface area contributed by atoms with E-state index in [-0.39, 0.29) is 52.7 Å². The van der Waals surface area contributed by atoms with Crippen LogP contribution in [0.5, 0.6) is 0 Å². The van der Waals surface area contributed by atoms with E-state index in [1.54, 1.807) is 0 Å². The van der Waals surface area contributed by atoms with Gasteiger partial charge in [0.2, 0.25) is 0 Å². The third kappa shape index (κ3) is 8.93. The second-order valence-corrected chi connectivity index (χ2v) is 0. The third-order valence-electron chi connectivity index (χ3n) is 0. The van der Waals surface area contributed by atoms with Gasteiger partial charge >= 0.3 is 29.6 Å². The fourth-order valence-electron chi connectivity index (χ4n) is 0. The molecular weight excluding hydrogens is 118 g/mol. The topological polar surface area (TPSA) is 20.2 Å². The molecule has 0 fully saturated rings. The normalized spacial score (nSPS) is 1.50. The monoisotopic (exact) mass is 122 g/mol. The van der Waals surface area contributed by atoms with E-state index in [1.165, 1.54) is 9.47 Å². The predicted octanol–water partition coefficient (Wildman–Crippen LogP) is -3.12. The van der Waals surface area contributed by atoms with Gasteiger partial charge in [-0.3, -0.25) is 0 Å². The summed E-state index contributed by atoms with van der Waals surface area (Å²) in [7, 11) is 1.42. The Labute approximate surface area is 66.5 Å². The van der Waals surface area contributed by atoms with E-state index in [9.17, 15) is 0 Å². The van der Waals surface area contributed by atoms with Gasteiger partial charge in [-0.15, -0.1) is 0 Å². The van der Waals surface area contributed by atoms with Crippen LogP contribution < -0.4 is 29.6 Å². The maximum absolute atomic E-state index is 6.92. The van der Waals surface area contributed by atoms with E-state index >= 15 is 0 Å². The van der Waals surface area contributed by atoms with Crippen molar-refractivity contribution in [1.82, 2.24) is 0 Å². The van der Waals surface area contributed by atoms with Crippen LogP contribution in [0.25, 0.3) is 0 Å². The smallest absolute Gasteiger partial charge is 1.00 e. The summed E-state index contributed by atoms with van der Waals surface area (Å²) in [6.45, 7) is 0. The van der Waals surface area contributed by atoms with Gasteiger partial charge in [0.25, 0.3) is 0 Å². The molecule has 1 atom stereocenters. The number of hydrogen-bond donors (Lipinski definition) is 1. The predicted molar refractivity (Wildman–Crippen MR) is 13.0 cm³/mol. The van der Waals surface area contributed by atoms with Gasteiger partial charge in [0.15, 0.2) is 0 Å². The van der Waals surface area contributed by atoms with Crippen molar-refractivity contribution in [2.24, 2.45) is 0 Å². The van der Waals surface area contributed by atoms with Crippen molar-refractivity contribution in [2.75, 3.05) is 0 Å². The molecule has 1 unspecified atom stereocenters. The number of hydrogen-bond acceptors (Lipinski definition) is 1. The summed E-state index contributed by atoms with van der Waals surface area (Å²) < 4.78 is 0. The van der Waals surface area contributed by atoms with Crippen LogP contribution in [0.2, 0.25) is 0 Å². The van der Waals surface area contributed by atoms with Crippen molar-refractivity contribution in [3.63, 3.8) is 0 Å². The van der Waals surface area contributed by atoms with E-state index in [0.29, 0.717) is 0 Å². The minimum atomic E-state index is 0. The molecule has 0 aliphatic heterocycles. The Morgan fingerprint density at radius 1 is 1.50 bits per heavy atom. The van der Waals surface area contributed by atoms with Crippen molar-refractivity contribution in [2.45, 2.75) is 0 Å². The zero-order valence-corrected chi connectivity index (χ0v) is 7.24. The van der Waals surface area contributed by atoms with E-state index in [4.69, 9.17) is 4.89 Å². The fraction of sp³-hybridized carbons (Fsp3) is 0. The average Bonchev–Trinajstić information content (AvgIpc) is 1.00. The molecule has 0 aromatic heterocycles. The Morgan fingerprint density at radius 2 is 1.50 bits per heavy atom. The first-order valence-electron chi connectivity index (χ1n) is 0.258. The molecule has 0 radical (unpaired) electrons. The van der Waals surface area contributed by atoms with Gasteiger partial charge < -0.3 is 6.32 Å². The minimum Gasteiger partial charge on any atom is -1.00 e. The van der Waals surface area contributed by atoms with Gasteiger partial charge in [0.05, 0.1) is 0 Å². The fourth-order valence-corrected chi connectivity index (χ4v) is 0. The molecule has 1 N–H and O–H groups in total. The molecule has 1 nitrogen and oxygen atoms in total. The molecule has 0 aromatic rings. The zero-order valence-electron chi connectivity index (χ0n) is 3.52. The summed E-state index contributed by atoms with van der Waals surface area (Å²) in [5.74, 6) is 0. The van der Waals surface area contributed by atoms with E-state index in [1.807, 2.05) is 0 Å². The van der Waals surface area contributed by atoms with Gasteiger partial charge in [-0.2, -0.15) is 0 Å². The van der Waals surface area contributed by atoms with Crippen molar-refractivity contribution >= 4 is 9.47 Å². The van der Waals surface area contributed by atoms with Crippen LogP contribution in [0.1, 0.15) is 1.43 Å². The second-order valence-electron chi connectivity index (χ2n) is 0. The molecule has 0 aliphatic rings. The first-order valence-corrected chi connectivity index (χ1v) is 0.775. The standard InChI is InChI=1S/Na.H3OP.Ti.H/c;1-2;;/h;1H,2H2;;/q+1;;;-1. The van der Waals surface area contributed by atoms with Crippen molar-refractivity contribution in [3.05, 3.63) is 0 Å².